The average molecular weight is 293 g/mol. The van der Waals surface area contributed by atoms with Crippen molar-refractivity contribution >= 4 is 0 Å². The van der Waals surface area contributed by atoms with Gasteiger partial charge in [0.2, 0.25) is 0 Å². The van der Waals surface area contributed by atoms with Crippen LogP contribution in [0.5, 0.6) is 0 Å². The van der Waals surface area contributed by atoms with Crippen LogP contribution in [0.3, 0.4) is 0 Å². The SMILES string of the molecule is CCCCc1ccc(C2CCC(C=CC=CC#N)CC2)cc1. The number of benzene rings is 1. The van der Waals surface area contributed by atoms with E-state index in [1.54, 1.807) is 0 Å². The molecular weight excluding hydrogens is 266 g/mol. The van der Waals surface area contributed by atoms with Gasteiger partial charge in [-0.05, 0) is 61.5 Å². The van der Waals surface area contributed by atoms with Gasteiger partial charge in [0.25, 0.3) is 0 Å². The lowest BCUT2D eigenvalue weighted by Gasteiger charge is -2.27. The molecule has 116 valence electrons. The van der Waals surface area contributed by atoms with Crippen molar-refractivity contribution in [3.63, 3.8) is 0 Å². The Balaban J connectivity index is 1.82. The number of allylic oxidation sites excluding steroid dienone is 4. The molecule has 0 amide bonds. The normalized spacial score (nSPS) is 22.2. The minimum Gasteiger partial charge on any atom is -0.193 e. The second-order valence-corrected chi connectivity index (χ2v) is 6.33. The Labute approximate surface area is 135 Å². The lowest BCUT2D eigenvalue weighted by Crippen LogP contribution is -2.11. The maximum absolute atomic E-state index is 8.46. The Morgan fingerprint density at radius 2 is 1.82 bits per heavy atom. The van der Waals surface area contributed by atoms with Crippen LogP contribution in [0.25, 0.3) is 0 Å². The van der Waals surface area contributed by atoms with E-state index in [9.17, 15) is 0 Å². The van der Waals surface area contributed by atoms with Gasteiger partial charge in [-0.15, -0.1) is 0 Å². The first-order chi connectivity index (χ1) is 10.8. The summed E-state index contributed by atoms with van der Waals surface area (Å²) in [5.41, 5.74) is 3.00. The summed E-state index contributed by atoms with van der Waals surface area (Å²) in [5, 5.41) is 8.46. The van der Waals surface area contributed by atoms with Crippen LogP contribution in [-0.2, 0) is 6.42 Å². The van der Waals surface area contributed by atoms with Gasteiger partial charge in [-0.25, -0.2) is 0 Å². The highest BCUT2D eigenvalue weighted by molar-refractivity contribution is 5.26. The quantitative estimate of drug-likeness (QED) is 0.470. The van der Waals surface area contributed by atoms with Crippen LogP contribution in [0.4, 0.5) is 0 Å². The average Bonchev–Trinajstić information content (AvgIpc) is 2.58. The molecule has 0 saturated heterocycles. The number of rotatable bonds is 6. The summed E-state index contributed by atoms with van der Waals surface area (Å²) in [6, 6.07) is 11.4. The summed E-state index contributed by atoms with van der Waals surface area (Å²) in [6.07, 6.45) is 16.5. The molecule has 0 aromatic heterocycles. The summed E-state index contributed by atoms with van der Waals surface area (Å²) in [7, 11) is 0. The molecule has 0 heterocycles. The second-order valence-electron chi connectivity index (χ2n) is 6.33. The van der Waals surface area contributed by atoms with Gasteiger partial charge < -0.3 is 0 Å². The van der Waals surface area contributed by atoms with E-state index >= 15 is 0 Å². The highest BCUT2D eigenvalue weighted by atomic mass is 14.3. The molecule has 1 aliphatic carbocycles. The van der Waals surface area contributed by atoms with Gasteiger partial charge in [-0.3, -0.25) is 0 Å². The molecule has 2 rings (SSSR count). The Bertz CT molecular complexity index is 522. The molecule has 0 atom stereocenters. The van der Waals surface area contributed by atoms with Crippen molar-refractivity contribution in [1.29, 1.82) is 5.26 Å². The van der Waals surface area contributed by atoms with Gasteiger partial charge in [-0.1, -0.05) is 55.8 Å². The summed E-state index contributed by atoms with van der Waals surface area (Å²) in [4.78, 5) is 0. The Morgan fingerprint density at radius 3 is 2.45 bits per heavy atom. The first kappa shape index (κ1) is 16.6. The molecule has 1 nitrogen and oxygen atoms in total. The minimum absolute atomic E-state index is 0.684. The zero-order chi connectivity index (χ0) is 15.6. The third-order valence-electron chi connectivity index (χ3n) is 4.71. The van der Waals surface area contributed by atoms with E-state index in [2.05, 4.69) is 37.3 Å². The van der Waals surface area contributed by atoms with E-state index in [1.165, 1.54) is 62.1 Å². The third-order valence-corrected chi connectivity index (χ3v) is 4.71. The fraction of sp³-hybridized carbons (Fsp3) is 0.476. The minimum atomic E-state index is 0.684. The number of nitrogens with zero attached hydrogens (tertiary/aromatic N) is 1. The van der Waals surface area contributed by atoms with Gasteiger partial charge in [-0.2, -0.15) is 5.26 Å². The highest BCUT2D eigenvalue weighted by Crippen LogP contribution is 2.36. The molecule has 0 spiro atoms. The molecule has 1 heteroatoms. The predicted octanol–water partition coefficient (Wildman–Crippen LogP) is 5.94. The zero-order valence-electron chi connectivity index (χ0n) is 13.7. The van der Waals surface area contributed by atoms with Gasteiger partial charge in [0.1, 0.15) is 0 Å². The Morgan fingerprint density at radius 1 is 1.09 bits per heavy atom. The lowest BCUT2D eigenvalue weighted by molar-refractivity contribution is 0.376. The van der Waals surface area contributed by atoms with Crippen LogP contribution in [0.15, 0.2) is 48.6 Å². The van der Waals surface area contributed by atoms with Crippen LogP contribution in [0.2, 0.25) is 0 Å². The number of aryl methyl sites for hydroxylation is 1. The smallest absolute Gasteiger partial charge is 0.0912 e. The number of hydrogen-bond donors (Lipinski definition) is 0. The van der Waals surface area contributed by atoms with Gasteiger partial charge in [0, 0.05) is 6.08 Å². The molecule has 0 radical (unpaired) electrons. The molecule has 22 heavy (non-hydrogen) atoms. The molecule has 0 aliphatic heterocycles. The molecule has 1 saturated carbocycles. The number of hydrogen-bond acceptors (Lipinski definition) is 1. The van der Waals surface area contributed by atoms with Gasteiger partial charge >= 0.3 is 0 Å². The van der Waals surface area contributed by atoms with Crippen molar-refractivity contribution in [2.24, 2.45) is 5.92 Å². The summed E-state index contributed by atoms with van der Waals surface area (Å²) < 4.78 is 0. The van der Waals surface area contributed by atoms with Gasteiger partial charge in [0.15, 0.2) is 0 Å². The third kappa shape index (κ3) is 5.19. The standard InChI is InChI=1S/C21H27N/c1-2-3-7-18-9-13-20(14-10-18)21-15-11-19(12-16-21)8-5-4-6-17-22/h4-6,8-10,13-14,19,21H,2-3,7,11-12,15-16H2,1H3. The fourth-order valence-corrected chi connectivity index (χ4v) is 3.30. The maximum atomic E-state index is 8.46. The fourth-order valence-electron chi connectivity index (χ4n) is 3.30. The van der Waals surface area contributed by atoms with Crippen molar-refractivity contribution in [3.05, 3.63) is 59.7 Å². The van der Waals surface area contributed by atoms with Crippen molar-refractivity contribution < 1.29 is 0 Å². The molecule has 1 aromatic rings. The van der Waals surface area contributed by atoms with Crippen LogP contribution in [0, 0.1) is 17.2 Å². The zero-order valence-corrected chi connectivity index (χ0v) is 13.7. The molecule has 0 N–H and O–H groups in total. The topological polar surface area (TPSA) is 23.8 Å². The van der Waals surface area contributed by atoms with Crippen molar-refractivity contribution in [3.8, 4) is 6.07 Å². The molecule has 1 aliphatic rings. The van der Waals surface area contributed by atoms with Crippen molar-refractivity contribution in [2.45, 2.75) is 57.8 Å². The first-order valence-electron chi connectivity index (χ1n) is 8.65. The number of nitriles is 1. The Kier molecular flexibility index (Phi) is 6.97. The van der Waals surface area contributed by atoms with Crippen LogP contribution in [0.1, 0.15) is 62.5 Å². The van der Waals surface area contributed by atoms with E-state index in [0.29, 0.717) is 5.92 Å². The van der Waals surface area contributed by atoms with Crippen LogP contribution >= 0.6 is 0 Å². The first-order valence-corrected chi connectivity index (χ1v) is 8.65. The van der Waals surface area contributed by atoms with Crippen molar-refractivity contribution in [1.82, 2.24) is 0 Å². The van der Waals surface area contributed by atoms with E-state index < -0.39 is 0 Å². The lowest BCUT2D eigenvalue weighted by atomic mass is 9.78. The molecule has 0 bridgehead atoms. The van der Waals surface area contributed by atoms with Crippen LogP contribution < -0.4 is 0 Å². The predicted molar refractivity (Wildman–Crippen MR) is 93.6 cm³/mol. The van der Waals surface area contributed by atoms with E-state index in [-0.39, 0.29) is 0 Å². The summed E-state index contributed by atoms with van der Waals surface area (Å²) >= 11 is 0. The summed E-state index contributed by atoms with van der Waals surface area (Å²) in [6.45, 7) is 2.25. The highest BCUT2D eigenvalue weighted by Gasteiger charge is 2.20. The molecule has 0 unspecified atom stereocenters. The van der Waals surface area contributed by atoms with Crippen molar-refractivity contribution in [2.75, 3.05) is 0 Å². The number of unbranched alkanes of at least 4 members (excludes halogenated alkanes) is 1. The second kappa shape index (κ2) is 9.26. The molecule has 1 fully saturated rings. The van der Waals surface area contributed by atoms with Crippen LogP contribution in [-0.4, -0.2) is 0 Å². The monoisotopic (exact) mass is 293 g/mol. The molecular formula is C21H27N. The van der Waals surface area contributed by atoms with E-state index in [1.807, 2.05) is 18.2 Å². The van der Waals surface area contributed by atoms with E-state index in [0.717, 1.165) is 5.92 Å². The largest absolute Gasteiger partial charge is 0.193 e. The van der Waals surface area contributed by atoms with Gasteiger partial charge in [0.05, 0.1) is 6.07 Å². The maximum Gasteiger partial charge on any atom is 0.0912 e. The van der Waals surface area contributed by atoms with E-state index in [4.69, 9.17) is 5.26 Å². The summed E-state index contributed by atoms with van der Waals surface area (Å²) in [5.74, 6) is 1.42. The Hall–Kier alpha value is -1.81. The molecule has 1 aromatic carbocycles.